The van der Waals surface area contributed by atoms with E-state index in [1.807, 2.05) is 0 Å². The number of fused-ring (bicyclic) bond motifs is 1. The van der Waals surface area contributed by atoms with Crippen LogP contribution in [0.15, 0.2) is 22.9 Å². The zero-order valence-corrected chi connectivity index (χ0v) is 18.7. The molecule has 0 spiro atoms. The standard InChI is InChI=1S/C23H31N7O3/c31-19(11-10-18-27-17-5-2-1-4-16(17)21(32)28-18)26-15-8-6-14(7-9-15)22-29-30-23(33-22)20-24-12-3-13-25-20/h3,12-18,27H,1-2,4-11H2,(H,26,31)(H,28,32). The minimum absolute atomic E-state index is 0.0431. The van der Waals surface area contributed by atoms with Crippen LogP contribution in [0.25, 0.3) is 11.7 Å². The molecule has 2 amide bonds. The van der Waals surface area contributed by atoms with E-state index in [0.717, 1.165) is 44.9 Å². The minimum atomic E-state index is -0.112. The Balaban J connectivity index is 1.05. The highest BCUT2D eigenvalue weighted by Gasteiger charge is 2.37. The van der Waals surface area contributed by atoms with Gasteiger partial charge in [-0.1, -0.05) is 12.8 Å². The van der Waals surface area contributed by atoms with Crippen LogP contribution in [0.5, 0.6) is 0 Å². The maximum Gasteiger partial charge on any atom is 0.285 e. The number of nitrogens with zero attached hydrogens (tertiary/aromatic N) is 4. The number of hydrogen-bond acceptors (Lipinski definition) is 8. The quantitative estimate of drug-likeness (QED) is 0.605. The zero-order valence-electron chi connectivity index (χ0n) is 18.7. The molecule has 3 N–H and O–H groups in total. The second-order valence-electron chi connectivity index (χ2n) is 9.40. The molecule has 0 bridgehead atoms. The van der Waals surface area contributed by atoms with Crippen molar-refractivity contribution in [1.29, 1.82) is 0 Å². The van der Waals surface area contributed by atoms with Crippen LogP contribution in [0, 0.1) is 5.92 Å². The average Bonchev–Trinajstić information content (AvgIpc) is 3.34. The molecule has 1 aliphatic heterocycles. The van der Waals surface area contributed by atoms with Crippen molar-refractivity contribution in [3.63, 3.8) is 0 Å². The lowest BCUT2D eigenvalue weighted by Gasteiger charge is -2.40. The maximum absolute atomic E-state index is 12.5. The van der Waals surface area contributed by atoms with E-state index in [-0.39, 0.29) is 41.9 Å². The topological polar surface area (TPSA) is 135 Å². The first-order valence-corrected chi connectivity index (χ1v) is 12.1. The van der Waals surface area contributed by atoms with Crippen molar-refractivity contribution in [1.82, 2.24) is 36.1 Å². The highest BCUT2D eigenvalue weighted by atomic mass is 16.4. The van der Waals surface area contributed by atoms with Crippen LogP contribution in [-0.2, 0) is 9.59 Å². The Morgan fingerprint density at radius 3 is 2.67 bits per heavy atom. The summed E-state index contributed by atoms with van der Waals surface area (Å²) < 4.78 is 5.80. The molecular formula is C23H31N7O3. The van der Waals surface area contributed by atoms with Crippen LogP contribution in [0.2, 0.25) is 0 Å². The highest BCUT2D eigenvalue weighted by molar-refractivity contribution is 5.81. The summed E-state index contributed by atoms with van der Waals surface area (Å²) in [5.41, 5.74) is 0. The third kappa shape index (κ3) is 5.21. The van der Waals surface area contributed by atoms with E-state index in [1.54, 1.807) is 18.5 Å². The molecule has 0 radical (unpaired) electrons. The van der Waals surface area contributed by atoms with Gasteiger partial charge in [-0.3, -0.25) is 14.9 Å². The van der Waals surface area contributed by atoms with Gasteiger partial charge in [0, 0.05) is 36.8 Å². The van der Waals surface area contributed by atoms with Crippen LogP contribution in [-0.4, -0.2) is 50.2 Å². The number of aromatic nitrogens is 4. The van der Waals surface area contributed by atoms with Crippen molar-refractivity contribution >= 4 is 11.8 Å². The third-order valence-corrected chi connectivity index (χ3v) is 7.13. The van der Waals surface area contributed by atoms with Crippen LogP contribution in [0.3, 0.4) is 0 Å². The molecule has 0 aromatic carbocycles. The fraction of sp³-hybridized carbons (Fsp3) is 0.652. The molecule has 5 rings (SSSR count). The molecule has 10 nitrogen and oxygen atoms in total. The molecule has 10 heteroatoms. The smallest absolute Gasteiger partial charge is 0.285 e. The van der Waals surface area contributed by atoms with E-state index in [2.05, 4.69) is 36.1 Å². The first kappa shape index (κ1) is 21.9. The molecular weight excluding hydrogens is 422 g/mol. The summed E-state index contributed by atoms with van der Waals surface area (Å²) in [7, 11) is 0. The molecule has 2 aromatic heterocycles. The summed E-state index contributed by atoms with van der Waals surface area (Å²) in [5, 5.41) is 18.0. The van der Waals surface area contributed by atoms with Gasteiger partial charge >= 0.3 is 0 Å². The van der Waals surface area contributed by atoms with Gasteiger partial charge in [0.2, 0.25) is 23.5 Å². The molecule has 3 fully saturated rings. The molecule has 176 valence electrons. The van der Waals surface area contributed by atoms with Gasteiger partial charge in [-0.25, -0.2) is 9.97 Å². The number of hydrogen-bond donors (Lipinski definition) is 3. The van der Waals surface area contributed by atoms with E-state index in [1.165, 1.54) is 6.42 Å². The molecule has 2 aromatic rings. The van der Waals surface area contributed by atoms with Crippen LogP contribution in [0.4, 0.5) is 0 Å². The number of amides is 2. The van der Waals surface area contributed by atoms with Crippen molar-refractivity contribution in [2.24, 2.45) is 5.92 Å². The molecule has 33 heavy (non-hydrogen) atoms. The number of rotatable bonds is 6. The summed E-state index contributed by atoms with van der Waals surface area (Å²) >= 11 is 0. The first-order chi connectivity index (χ1) is 16.2. The Morgan fingerprint density at radius 1 is 1.06 bits per heavy atom. The van der Waals surface area contributed by atoms with E-state index in [9.17, 15) is 9.59 Å². The molecule has 3 atom stereocenters. The molecule has 3 heterocycles. The van der Waals surface area contributed by atoms with E-state index >= 15 is 0 Å². The SMILES string of the molecule is O=C(CCC1NC(=O)C2CCCCC2N1)NC1CCC(c2nnc(-c3ncccn3)o2)CC1. The second kappa shape index (κ2) is 9.94. The van der Waals surface area contributed by atoms with Crippen molar-refractivity contribution < 1.29 is 14.0 Å². The molecule has 3 unspecified atom stereocenters. The van der Waals surface area contributed by atoms with E-state index < -0.39 is 0 Å². The lowest BCUT2D eigenvalue weighted by atomic mass is 9.82. The lowest BCUT2D eigenvalue weighted by Crippen LogP contribution is -2.62. The predicted octanol–water partition coefficient (Wildman–Crippen LogP) is 2.05. The van der Waals surface area contributed by atoms with Gasteiger partial charge in [0.05, 0.1) is 12.1 Å². The lowest BCUT2D eigenvalue weighted by molar-refractivity contribution is -0.131. The summed E-state index contributed by atoms with van der Waals surface area (Å²) in [4.78, 5) is 33.2. The number of carbonyl (C=O) groups is 2. The Morgan fingerprint density at radius 2 is 1.85 bits per heavy atom. The number of nitrogens with one attached hydrogen (secondary N) is 3. The largest absolute Gasteiger partial charge is 0.418 e. The fourth-order valence-electron chi connectivity index (χ4n) is 5.34. The van der Waals surface area contributed by atoms with Gasteiger partial charge in [0.1, 0.15) is 0 Å². The first-order valence-electron chi connectivity index (χ1n) is 12.1. The highest BCUT2D eigenvalue weighted by Crippen LogP contribution is 2.33. The van der Waals surface area contributed by atoms with Crippen molar-refractivity contribution in [3.05, 3.63) is 24.4 Å². The van der Waals surface area contributed by atoms with Gasteiger partial charge < -0.3 is 15.1 Å². The minimum Gasteiger partial charge on any atom is -0.418 e. The summed E-state index contributed by atoms with van der Waals surface area (Å²) in [6.45, 7) is 0. The van der Waals surface area contributed by atoms with Crippen molar-refractivity contribution in [2.45, 2.75) is 88.4 Å². The maximum atomic E-state index is 12.5. The van der Waals surface area contributed by atoms with Gasteiger partial charge in [0.25, 0.3) is 5.89 Å². The van der Waals surface area contributed by atoms with Crippen molar-refractivity contribution in [2.75, 3.05) is 0 Å². The Kier molecular flexibility index (Phi) is 6.61. The van der Waals surface area contributed by atoms with Gasteiger partial charge in [-0.15, -0.1) is 10.2 Å². The van der Waals surface area contributed by atoms with Gasteiger partial charge in [-0.05, 0) is 51.0 Å². The van der Waals surface area contributed by atoms with Crippen molar-refractivity contribution in [3.8, 4) is 11.7 Å². The van der Waals surface area contributed by atoms with E-state index in [4.69, 9.17) is 4.42 Å². The normalized spacial score (nSPS) is 29.7. The fourth-order valence-corrected chi connectivity index (χ4v) is 5.34. The third-order valence-electron chi connectivity index (χ3n) is 7.13. The van der Waals surface area contributed by atoms with Crippen LogP contribution >= 0.6 is 0 Å². The number of carbonyl (C=O) groups excluding carboxylic acids is 2. The monoisotopic (exact) mass is 453 g/mol. The summed E-state index contributed by atoms with van der Waals surface area (Å²) in [5.74, 6) is 1.85. The Hall–Kier alpha value is -2.88. The van der Waals surface area contributed by atoms with Gasteiger partial charge in [0.15, 0.2) is 0 Å². The second-order valence-corrected chi connectivity index (χ2v) is 9.40. The summed E-state index contributed by atoms with van der Waals surface area (Å²) in [6.07, 6.45) is 12.0. The molecule has 2 saturated carbocycles. The average molecular weight is 454 g/mol. The molecule has 3 aliphatic rings. The molecule has 2 aliphatic carbocycles. The Labute approximate surface area is 192 Å². The Bertz CT molecular complexity index is 958. The zero-order chi connectivity index (χ0) is 22.6. The van der Waals surface area contributed by atoms with Crippen LogP contribution < -0.4 is 16.0 Å². The molecule has 1 saturated heterocycles. The van der Waals surface area contributed by atoms with E-state index in [0.29, 0.717) is 30.4 Å². The predicted molar refractivity (Wildman–Crippen MR) is 119 cm³/mol. The summed E-state index contributed by atoms with van der Waals surface area (Å²) in [6, 6.07) is 2.16. The van der Waals surface area contributed by atoms with Crippen LogP contribution in [0.1, 0.15) is 76.0 Å². The van der Waals surface area contributed by atoms with Gasteiger partial charge in [-0.2, -0.15) is 0 Å².